The second-order valence-electron chi connectivity index (χ2n) is 6.44. The summed E-state index contributed by atoms with van der Waals surface area (Å²) >= 11 is 5.87. The number of carbonyl (C=O) groups is 1. The van der Waals surface area contributed by atoms with Gasteiger partial charge in [0, 0.05) is 36.5 Å². The van der Waals surface area contributed by atoms with Gasteiger partial charge in [0.2, 0.25) is 17.6 Å². The number of halogens is 1. The van der Waals surface area contributed by atoms with Crippen LogP contribution in [-0.4, -0.2) is 46.2 Å². The van der Waals surface area contributed by atoms with Gasteiger partial charge >= 0.3 is 0 Å². The third-order valence-electron chi connectivity index (χ3n) is 3.90. The SMILES string of the molecule is CC1(C)CN(C(=O)CCc2nc(-c3ccc(Cl)cc3)no2)CCO1. The average molecular weight is 350 g/mol. The van der Waals surface area contributed by atoms with Gasteiger partial charge < -0.3 is 14.2 Å². The zero-order chi connectivity index (χ0) is 17.2. The van der Waals surface area contributed by atoms with Crippen molar-refractivity contribution in [2.24, 2.45) is 0 Å². The standard InChI is InChI=1S/C17H20ClN3O3/c1-17(2)11-21(9-10-23-17)15(22)8-7-14-19-16(20-24-14)12-3-5-13(18)6-4-12/h3-6H,7-11H2,1-2H3. The molecule has 1 aromatic heterocycles. The molecule has 2 heterocycles. The molecule has 7 heteroatoms. The van der Waals surface area contributed by atoms with Crippen molar-refractivity contribution in [3.8, 4) is 11.4 Å². The molecule has 1 amide bonds. The number of morpholine rings is 1. The van der Waals surface area contributed by atoms with Crippen LogP contribution in [0.1, 0.15) is 26.2 Å². The van der Waals surface area contributed by atoms with Crippen molar-refractivity contribution in [3.63, 3.8) is 0 Å². The lowest BCUT2D eigenvalue weighted by molar-refractivity contribution is -0.145. The van der Waals surface area contributed by atoms with Gasteiger partial charge in [0.05, 0.1) is 12.2 Å². The molecule has 128 valence electrons. The van der Waals surface area contributed by atoms with E-state index >= 15 is 0 Å². The Bertz CT molecular complexity index is 712. The van der Waals surface area contributed by atoms with Crippen LogP contribution < -0.4 is 0 Å². The van der Waals surface area contributed by atoms with Crippen LogP contribution in [0.15, 0.2) is 28.8 Å². The van der Waals surface area contributed by atoms with E-state index in [1.807, 2.05) is 30.9 Å². The van der Waals surface area contributed by atoms with E-state index in [0.717, 1.165) is 5.56 Å². The molecule has 0 aliphatic carbocycles. The van der Waals surface area contributed by atoms with E-state index in [9.17, 15) is 4.79 Å². The molecule has 1 saturated heterocycles. The highest BCUT2D eigenvalue weighted by Gasteiger charge is 2.29. The fraction of sp³-hybridized carbons (Fsp3) is 0.471. The smallest absolute Gasteiger partial charge is 0.227 e. The molecule has 0 atom stereocenters. The van der Waals surface area contributed by atoms with Gasteiger partial charge in [-0.1, -0.05) is 16.8 Å². The van der Waals surface area contributed by atoms with Crippen LogP contribution in [-0.2, 0) is 16.0 Å². The quantitative estimate of drug-likeness (QED) is 0.848. The lowest BCUT2D eigenvalue weighted by atomic mass is 10.1. The molecule has 1 aliphatic heterocycles. The summed E-state index contributed by atoms with van der Waals surface area (Å²) in [6.07, 6.45) is 0.773. The number of amides is 1. The number of ether oxygens (including phenoxy) is 1. The zero-order valence-corrected chi connectivity index (χ0v) is 14.5. The van der Waals surface area contributed by atoms with Gasteiger partial charge in [-0.15, -0.1) is 0 Å². The number of benzene rings is 1. The van der Waals surface area contributed by atoms with Crippen molar-refractivity contribution in [1.82, 2.24) is 15.0 Å². The molecule has 1 aliphatic rings. The zero-order valence-electron chi connectivity index (χ0n) is 13.8. The predicted molar refractivity (Wildman–Crippen MR) is 89.7 cm³/mol. The summed E-state index contributed by atoms with van der Waals surface area (Å²) in [5.74, 6) is 1.04. The van der Waals surface area contributed by atoms with Crippen molar-refractivity contribution in [1.29, 1.82) is 0 Å². The van der Waals surface area contributed by atoms with E-state index in [1.165, 1.54) is 0 Å². The number of hydrogen-bond donors (Lipinski definition) is 0. The highest BCUT2D eigenvalue weighted by atomic mass is 35.5. The molecule has 0 saturated carbocycles. The Morgan fingerprint density at radius 2 is 2.08 bits per heavy atom. The second kappa shape index (κ2) is 6.91. The summed E-state index contributed by atoms with van der Waals surface area (Å²) in [5.41, 5.74) is 0.538. The first-order valence-corrected chi connectivity index (χ1v) is 8.31. The Morgan fingerprint density at radius 1 is 1.33 bits per heavy atom. The van der Waals surface area contributed by atoms with Gasteiger partial charge in [0.25, 0.3) is 0 Å². The molecule has 6 nitrogen and oxygen atoms in total. The van der Waals surface area contributed by atoms with E-state index in [4.69, 9.17) is 20.9 Å². The molecular weight excluding hydrogens is 330 g/mol. The van der Waals surface area contributed by atoms with Crippen LogP contribution in [0.5, 0.6) is 0 Å². The monoisotopic (exact) mass is 349 g/mol. The summed E-state index contributed by atoms with van der Waals surface area (Å²) in [5, 5.41) is 4.61. The second-order valence-corrected chi connectivity index (χ2v) is 6.88. The van der Waals surface area contributed by atoms with E-state index in [0.29, 0.717) is 49.3 Å². The first-order chi connectivity index (χ1) is 11.4. The van der Waals surface area contributed by atoms with Crippen LogP contribution in [0, 0.1) is 0 Å². The molecule has 0 bridgehead atoms. The average Bonchev–Trinajstić information content (AvgIpc) is 3.01. The van der Waals surface area contributed by atoms with Crippen molar-refractivity contribution >= 4 is 17.5 Å². The molecule has 2 aromatic rings. The number of rotatable bonds is 4. The molecule has 0 unspecified atom stereocenters. The number of nitrogens with zero attached hydrogens (tertiary/aromatic N) is 3. The predicted octanol–water partition coefficient (Wildman–Crippen LogP) is 2.96. The summed E-state index contributed by atoms with van der Waals surface area (Å²) in [6, 6.07) is 7.21. The van der Waals surface area contributed by atoms with Crippen LogP contribution in [0.3, 0.4) is 0 Å². The molecule has 0 spiro atoms. The maximum Gasteiger partial charge on any atom is 0.227 e. The molecular formula is C17H20ClN3O3. The van der Waals surface area contributed by atoms with E-state index < -0.39 is 0 Å². The molecule has 1 aromatic carbocycles. The molecule has 0 N–H and O–H groups in total. The third-order valence-corrected chi connectivity index (χ3v) is 4.15. The third kappa shape index (κ3) is 4.13. The highest BCUT2D eigenvalue weighted by Crippen LogP contribution is 2.20. The first kappa shape index (κ1) is 16.9. The molecule has 3 rings (SSSR count). The molecule has 24 heavy (non-hydrogen) atoms. The lowest BCUT2D eigenvalue weighted by Gasteiger charge is -2.38. The summed E-state index contributed by atoms with van der Waals surface area (Å²) in [6.45, 7) is 5.78. The number of aryl methyl sites for hydroxylation is 1. The Kier molecular flexibility index (Phi) is 4.87. The minimum absolute atomic E-state index is 0.0811. The van der Waals surface area contributed by atoms with Gasteiger partial charge in [-0.3, -0.25) is 4.79 Å². The van der Waals surface area contributed by atoms with Gasteiger partial charge in [0.1, 0.15) is 0 Å². The Hall–Kier alpha value is -1.92. The largest absolute Gasteiger partial charge is 0.372 e. The van der Waals surface area contributed by atoms with Crippen molar-refractivity contribution in [3.05, 3.63) is 35.2 Å². The van der Waals surface area contributed by atoms with Crippen LogP contribution in [0.25, 0.3) is 11.4 Å². The van der Waals surface area contributed by atoms with E-state index in [-0.39, 0.29) is 11.5 Å². The van der Waals surface area contributed by atoms with Crippen molar-refractivity contribution < 1.29 is 14.1 Å². The molecule has 0 radical (unpaired) electrons. The number of aromatic nitrogens is 2. The number of hydrogen-bond acceptors (Lipinski definition) is 5. The van der Waals surface area contributed by atoms with Gasteiger partial charge in [-0.25, -0.2) is 0 Å². The Balaban J connectivity index is 1.57. The minimum atomic E-state index is -0.292. The highest BCUT2D eigenvalue weighted by molar-refractivity contribution is 6.30. The van der Waals surface area contributed by atoms with Crippen LogP contribution in [0.2, 0.25) is 5.02 Å². The van der Waals surface area contributed by atoms with Crippen molar-refractivity contribution in [2.75, 3.05) is 19.7 Å². The Morgan fingerprint density at radius 3 is 2.79 bits per heavy atom. The van der Waals surface area contributed by atoms with Crippen LogP contribution >= 0.6 is 11.6 Å². The fourth-order valence-corrected chi connectivity index (χ4v) is 2.80. The van der Waals surface area contributed by atoms with Crippen LogP contribution in [0.4, 0.5) is 0 Å². The lowest BCUT2D eigenvalue weighted by Crippen LogP contribution is -2.50. The van der Waals surface area contributed by atoms with E-state index in [1.54, 1.807) is 12.1 Å². The number of carbonyl (C=O) groups excluding carboxylic acids is 1. The maximum absolute atomic E-state index is 12.3. The van der Waals surface area contributed by atoms with Gasteiger partial charge in [-0.2, -0.15) is 4.98 Å². The summed E-state index contributed by atoms with van der Waals surface area (Å²) < 4.78 is 10.9. The van der Waals surface area contributed by atoms with Gasteiger partial charge in [0.15, 0.2) is 0 Å². The maximum atomic E-state index is 12.3. The Labute approximate surface area is 145 Å². The first-order valence-electron chi connectivity index (χ1n) is 7.93. The summed E-state index contributed by atoms with van der Waals surface area (Å²) in [4.78, 5) is 18.5. The van der Waals surface area contributed by atoms with Crippen molar-refractivity contribution in [2.45, 2.75) is 32.3 Å². The topological polar surface area (TPSA) is 68.5 Å². The van der Waals surface area contributed by atoms with Gasteiger partial charge in [-0.05, 0) is 38.1 Å². The summed E-state index contributed by atoms with van der Waals surface area (Å²) in [7, 11) is 0. The minimum Gasteiger partial charge on any atom is -0.372 e. The normalized spacial score (nSPS) is 17.0. The molecule has 1 fully saturated rings. The fourth-order valence-electron chi connectivity index (χ4n) is 2.67. The van der Waals surface area contributed by atoms with E-state index in [2.05, 4.69) is 10.1 Å².